The van der Waals surface area contributed by atoms with Crippen LogP contribution in [0.2, 0.25) is 0 Å². The number of aryl methyl sites for hydroxylation is 2. The van der Waals surface area contributed by atoms with Crippen LogP contribution in [0.4, 0.5) is 5.69 Å². The molecule has 3 heteroatoms. The first-order valence-electron chi connectivity index (χ1n) is 13.6. The zero-order chi connectivity index (χ0) is 26.6. The van der Waals surface area contributed by atoms with Crippen molar-refractivity contribution in [3.63, 3.8) is 0 Å². The maximum absolute atomic E-state index is 5.93. The van der Waals surface area contributed by atoms with E-state index >= 15 is 0 Å². The third kappa shape index (κ3) is 5.53. The maximum atomic E-state index is 5.93. The molecule has 6 rings (SSSR count). The van der Waals surface area contributed by atoms with Crippen molar-refractivity contribution in [3.05, 3.63) is 137 Å². The lowest BCUT2D eigenvalue weighted by Gasteiger charge is -2.26. The predicted octanol–water partition coefficient (Wildman–Crippen LogP) is 8.93. The normalized spacial score (nSPS) is 16.5. The molecule has 4 aromatic carbocycles. The Kier molecular flexibility index (Phi) is 7.05. The zero-order valence-corrected chi connectivity index (χ0v) is 22.6. The van der Waals surface area contributed by atoms with Crippen LogP contribution in [0.3, 0.4) is 0 Å². The second-order valence-corrected chi connectivity index (χ2v) is 10.2. The Bertz CT molecular complexity index is 1510. The quantitative estimate of drug-likeness (QED) is 0.250. The third-order valence-corrected chi connectivity index (χ3v) is 7.50. The van der Waals surface area contributed by atoms with Gasteiger partial charge in [0.1, 0.15) is 11.5 Å². The molecule has 0 spiro atoms. The van der Waals surface area contributed by atoms with Crippen molar-refractivity contribution in [2.75, 3.05) is 18.1 Å². The van der Waals surface area contributed by atoms with E-state index in [-0.39, 0.29) is 0 Å². The number of ether oxygens (including phenoxy) is 2. The van der Waals surface area contributed by atoms with Gasteiger partial charge in [0.2, 0.25) is 0 Å². The highest BCUT2D eigenvalue weighted by Crippen LogP contribution is 2.36. The van der Waals surface area contributed by atoms with Gasteiger partial charge in [-0.15, -0.1) is 0 Å². The minimum Gasteiger partial charge on any atom is -0.493 e. The van der Waals surface area contributed by atoms with Gasteiger partial charge in [-0.05, 0) is 71.5 Å². The molecule has 3 nitrogen and oxygen atoms in total. The molecule has 0 unspecified atom stereocenters. The second-order valence-electron chi connectivity index (χ2n) is 10.2. The van der Waals surface area contributed by atoms with Crippen molar-refractivity contribution in [1.82, 2.24) is 0 Å². The predicted molar refractivity (Wildman–Crippen MR) is 163 cm³/mol. The number of nitrogens with zero attached hydrogens (tertiary/aromatic N) is 1. The Hall–Kier alpha value is -4.50. The zero-order valence-electron chi connectivity index (χ0n) is 22.6. The molecular formula is C36H33NO2. The molecule has 2 aliphatic rings. The van der Waals surface area contributed by atoms with E-state index in [1.165, 1.54) is 33.4 Å². The molecule has 0 saturated heterocycles. The van der Waals surface area contributed by atoms with Gasteiger partial charge < -0.3 is 14.4 Å². The van der Waals surface area contributed by atoms with E-state index < -0.39 is 0 Å². The first kappa shape index (κ1) is 24.8. The fourth-order valence-corrected chi connectivity index (χ4v) is 5.14. The summed E-state index contributed by atoms with van der Waals surface area (Å²) in [6.07, 6.45) is 10.6. The summed E-state index contributed by atoms with van der Waals surface area (Å²) < 4.78 is 11.9. The Morgan fingerprint density at radius 1 is 0.590 bits per heavy atom. The molecule has 0 fully saturated rings. The largest absolute Gasteiger partial charge is 0.493 e. The molecule has 194 valence electrons. The van der Waals surface area contributed by atoms with Crippen LogP contribution in [0, 0.1) is 13.8 Å². The van der Waals surface area contributed by atoms with Crippen molar-refractivity contribution in [3.8, 4) is 11.5 Å². The molecule has 0 atom stereocenters. The number of hydrogen-bond acceptors (Lipinski definition) is 3. The average Bonchev–Trinajstić information content (AvgIpc) is 2.98. The molecule has 0 bridgehead atoms. The van der Waals surface area contributed by atoms with Gasteiger partial charge in [0.05, 0.1) is 13.2 Å². The summed E-state index contributed by atoms with van der Waals surface area (Å²) in [7, 11) is 0. The minimum atomic E-state index is 0.687. The molecule has 2 heterocycles. The second kappa shape index (κ2) is 11.1. The molecule has 0 amide bonds. The molecule has 0 radical (unpaired) electrons. The van der Waals surface area contributed by atoms with Gasteiger partial charge in [-0.25, -0.2) is 0 Å². The summed E-state index contributed by atoms with van der Waals surface area (Å²) >= 11 is 0. The van der Waals surface area contributed by atoms with E-state index in [9.17, 15) is 0 Å². The van der Waals surface area contributed by atoms with E-state index in [0.717, 1.165) is 41.2 Å². The molecule has 0 N–H and O–H groups in total. The number of benzene rings is 4. The van der Waals surface area contributed by atoms with Crippen LogP contribution in [0.25, 0.3) is 23.3 Å². The van der Waals surface area contributed by atoms with Crippen molar-refractivity contribution < 1.29 is 9.47 Å². The van der Waals surface area contributed by atoms with E-state index in [1.807, 2.05) is 12.1 Å². The van der Waals surface area contributed by atoms with Gasteiger partial charge in [0.15, 0.2) is 0 Å². The first-order valence-corrected chi connectivity index (χ1v) is 13.6. The van der Waals surface area contributed by atoms with E-state index in [4.69, 9.17) is 9.47 Å². The number of rotatable bonds is 5. The number of para-hydroxylation sites is 2. The SMILES string of the molecule is Cc1ccc(/C=C/c2ccc(N(/C=C3\CCOc4ccccc43)/C=C3\CCOc4ccccc43)cc2)cc1C. The standard InChI is InChI=1S/C36H33NO2/c1-26-11-12-29(23-27(26)2)14-13-28-15-17-32(18-16-28)37(24-30-19-21-38-35-9-5-3-7-33(30)35)25-31-20-22-39-36-10-6-4-8-34(31)36/h3-18,23-25H,19-22H2,1-2H3/b14-13+,30-24+,31-25+. The number of fused-ring (bicyclic) bond motifs is 2. The van der Waals surface area contributed by atoms with Gasteiger partial charge in [-0.2, -0.15) is 0 Å². The summed E-state index contributed by atoms with van der Waals surface area (Å²) in [4.78, 5) is 2.27. The van der Waals surface area contributed by atoms with E-state index in [1.54, 1.807) is 0 Å². The fourth-order valence-electron chi connectivity index (χ4n) is 5.14. The van der Waals surface area contributed by atoms with Gasteiger partial charge in [0.25, 0.3) is 0 Å². The number of anilines is 1. The summed E-state index contributed by atoms with van der Waals surface area (Å²) in [5.41, 5.74) is 11.0. The lowest BCUT2D eigenvalue weighted by Crippen LogP contribution is -2.15. The minimum absolute atomic E-state index is 0.687. The summed E-state index contributed by atoms with van der Waals surface area (Å²) in [5, 5.41) is 0. The summed E-state index contributed by atoms with van der Waals surface area (Å²) in [6.45, 7) is 5.68. The average molecular weight is 512 g/mol. The van der Waals surface area contributed by atoms with Crippen LogP contribution < -0.4 is 14.4 Å². The molecule has 0 aliphatic carbocycles. The topological polar surface area (TPSA) is 21.7 Å². The first-order chi connectivity index (χ1) is 19.1. The van der Waals surface area contributed by atoms with Crippen LogP contribution >= 0.6 is 0 Å². The van der Waals surface area contributed by atoms with Crippen LogP contribution in [0.1, 0.15) is 46.2 Å². The monoisotopic (exact) mass is 511 g/mol. The summed E-state index contributed by atoms with van der Waals surface area (Å²) in [5.74, 6) is 1.90. The van der Waals surface area contributed by atoms with Crippen LogP contribution in [-0.4, -0.2) is 13.2 Å². The molecule has 0 saturated carbocycles. The molecule has 2 aliphatic heterocycles. The van der Waals surface area contributed by atoms with E-state index in [0.29, 0.717) is 13.2 Å². The van der Waals surface area contributed by atoms with Gasteiger partial charge in [-0.1, -0.05) is 78.9 Å². The smallest absolute Gasteiger partial charge is 0.126 e. The Labute approximate surface area is 231 Å². The number of hydrogen-bond donors (Lipinski definition) is 0. The molecular weight excluding hydrogens is 478 g/mol. The molecule has 0 aromatic heterocycles. The van der Waals surface area contributed by atoms with Crippen LogP contribution in [0.15, 0.2) is 103 Å². The molecule has 39 heavy (non-hydrogen) atoms. The molecule has 4 aromatic rings. The summed E-state index contributed by atoms with van der Waals surface area (Å²) in [6, 6.07) is 32.0. The van der Waals surface area contributed by atoms with Crippen LogP contribution in [-0.2, 0) is 0 Å². The van der Waals surface area contributed by atoms with Crippen LogP contribution in [0.5, 0.6) is 11.5 Å². The Balaban J connectivity index is 1.36. The lowest BCUT2D eigenvalue weighted by atomic mass is 9.99. The van der Waals surface area contributed by atoms with Crippen molar-refractivity contribution in [2.24, 2.45) is 0 Å². The van der Waals surface area contributed by atoms with Crippen molar-refractivity contribution in [1.29, 1.82) is 0 Å². The highest BCUT2D eigenvalue weighted by Gasteiger charge is 2.18. The highest BCUT2D eigenvalue weighted by atomic mass is 16.5. The Morgan fingerprint density at radius 2 is 1.13 bits per heavy atom. The van der Waals surface area contributed by atoms with Gasteiger partial charge >= 0.3 is 0 Å². The van der Waals surface area contributed by atoms with Gasteiger partial charge in [-0.3, -0.25) is 0 Å². The Morgan fingerprint density at radius 3 is 1.72 bits per heavy atom. The maximum Gasteiger partial charge on any atom is 0.126 e. The van der Waals surface area contributed by atoms with Gasteiger partial charge in [0, 0.05) is 42.1 Å². The lowest BCUT2D eigenvalue weighted by molar-refractivity contribution is 0.316. The van der Waals surface area contributed by atoms with Crippen molar-refractivity contribution in [2.45, 2.75) is 26.7 Å². The third-order valence-electron chi connectivity index (χ3n) is 7.50. The fraction of sp³-hybridized carbons (Fsp3) is 0.167. The van der Waals surface area contributed by atoms with Crippen molar-refractivity contribution >= 4 is 29.0 Å². The van der Waals surface area contributed by atoms with E-state index in [2.05, 4.69) is 122 Å². The highest BCUT2D eigenvalue weighted by molar-refractivity contribution is 5.79.